The van der Waals surface area contributed by atoms with E-state index in [1.54, 1.807) is 12.1 Å². The predicted octanol–water partition coefficient (Wildman–Crippen LogP) is 3.12. The Morgan fingerprint density at radius 3 is 2.60 bits per heavy atom. The second kappa shape index (κ2) is 4.31. The van der Waals surface area contributed by atoms with Crippen molar-refractivity contribution in [1.82, 2.24) is 0 Å². The molecule has 2 rings (SSSR count). The number of benzene rings is 1. The lowest BCUT2D eigenvalue weighted by atomic mass is 9.80. The summed E-state index contributed by atoms with van der Waals surface area (Å²) in [4.78, 5) is 0. The van der Waals surface area contributed by atoms with E-state index in [-0.39, 0.29) is 11.9 Å². The van der Waals surface area contributed by atoms with Gasteiger partial charge < -0.3 is 5.73 Å². The van der Waals surface area contributed by atoms with Gasteiger partial charge in [0.1, 0.15) is 5.82 Å². The maximum absolute atomic E-state index is 13.3. The molecule has 1 aromatic carbocycles. The third-order valence-electron chi connectivity index (χ3n) is 3.31. The summed E-state index contributed by atoms with van der Waals surface area (Å²) in [6.07, 6.45) is 4.60. The van der Waals surface area contributed by atoms with Crippen LogP contribution in [0.4, 0.5) is 4.39 Å². The zero-order chi connectivity index (χ0) is 10.8. The molecule has 0 heterocycles. The van der Waals surface area contributed by atoms with E-state index >= 15 is 0 Å². The quantitative estimate of drug-likeness (QED) is 0.752. The van der Waals surface area contributed by atoms with E-state index in [1.165, 1.54) is 12.8 Å². The fourth-order valence-electron chi connectivity index (χ4n) is 2.55. The minimum atomic E-state index is -0.136. The maximum atomic E-state index is 13.3. The molecule has 2 heteroatoms. The zero-order valence-electron chi connectivity index (χ0n) is 9.17. The van der Waals surface area contributed by atoms with Gasteiger partial charge in [0, 0.05) is 6.04 Å². The van der Waals surface area contributed by atoms with E-state index in [4.69, 9.17) is 5.73 Å². The normalized spacial score (nSPS) is 26.6. The molecular weight excluding hydrogens is 189 g/mol. The lowest BCUT2D eigenvalue weighted by Gasteiger charge is -2.29. The highest BCUT2D eigenvalue weighted by Gasteiger charge is 2.23. The summed E-state index contributed by atoms with van der Waals surface area (Å²) in [5.74, 6) is 0.218. The minimum absolute atomic E-state index is 0.136. The Bertz CT molecular complexity index is 328. The van der Waals surface area contributed by atoms with Crippen LogP contribution in [-0.2, 0) is 0 Å². The third kappa shape index (κ3) is 2.37. The maximum Gasteiger partial charge on any atom is 0.123 e. The first kappa shape index (κ1) is 10.6. The van der Waals surface area contributed by atoms with E-state index in [2.05, 4.69) is 6.07 Å². The van der Waals surface area contributed by atoms with Crippen LogP contribution < -0.4 is 5.73 Å². The van der Waals surface area contributed by atoms with Gasteiger partial charge in [-0.1, -0.05) is 18.9 Å². The molecule has 15 heavy (non-hydrogen) atoms. The average Bonchev–Trinajstić information content (AvgIpc) is 2.16. The molecule has 0 aromatic heterocycles. The molecule has 2 atom stereocenters. The standard InChI is InChI=1S/C13H18FN/c1-9-6-10(8-11(14)7-9)12-4-2-3-5-13(12)15/h6-8,12-13H,2-5,15H2,1H3. The Hall–Kier alpha value is -0.890. The van der Waals surface area contributed by atoms with Crippen molar-refractivity contribution in [1.29, 1.82) is 0 Å². The number of nitrogens with two attached hydrogens (primary N) is 1. The SMILES string of the molecule is Cc1cc(F)cc(C2CCCCC2N)c1. The van der Waals surface area contributed by atoms with E-state index in [0.29, 0.717) is 5.92 Å². The molecule has 0 radical (unpaired) electrons. The molecule has 1 aromatic rings. The Balaban J connectivity index is 2.27. The van der Waals surface area contributed by atoms with E-state index in [1.807, 2.05) is 6.92 Å². The minimum Gasteiger partial charge on any atom is -0.327 e. The van der Waals surface area contributed by atoms with Crippen LogP contribution in [0, 0.1) is 12.7 Å². The van der Waals surface area contributed by atoms with Crippen molar-refractivity contribution in [2.45, 2.75) is 44.6 Å². The van der Waals surface area contributed by atoms with Crippen LogP contribution in [0.1, 0.15) is 42.7 Å². The molecule has 0 spiro atoms. The van der Waals surface area contributed by atoms with Crippen molar-refractivity contribution in [3.63, 3.8) is 0 Å². The van der Waals surface area contributed by atoms with Crippen LogP contribution in [0.3, 0.4) is 0 Å². The highest BCUT2D eigenvalue weighted by Crippen LogP contribution is 2.32. The lowest BCUT2D eigenvalue weighted by Crippen LogP contribution is -2.31. The molecule has 1 fully saturated rings. The zero-order valence-corrected chi connectivity index (χ0v) is 9.17. The molecule has 0 saturated heterocycles. The molecule has 1 saturated carbocycles. The Morgan fingerprint density at radius 1 is 1.20 bits per heavy atom. The average molecular weight is 207 g/mol. The van der Waals surface area contributed by atoms with Gasteiger partial charge in [0.05, 0.1) is 0 Å². The van der Waals surface area contributed by atoms with Crippen molar-refractivity contribution in [2.75, 3.05) is 0 Å². The first-order chi connectivity index (χ1) is 7.16. The highest BCUT2D eigenvalue weighted by atomic mass is 19.1. The summed E-state index contributed by atoms with van der Waals surface area (Å²) >= 11 is 0. The number of aryl methyl sites for hydroxylation is 1. The molecule has 1 nitrogen and oxygen atoms in total. The Kier molecular flexibility index (Phi) is 3.06. The molecule has 0 aliphatic heterocycles. The number of hydrogen-bond donors (Lipinski definition) is 1. The van der Waals surface area contributed by atoms with Gasteiger partial charge in [-0.3, -0.25) is 0 Å². The highest BCUT2D eigenvalue weighted by molar-refractivity contribution is 5.28. The van der Waals surface area contributed by atoms with E-state index in [9.17, 15) is 4.39 Å². The summed E-state index contributed by atoms with van der Waals surface area (Å²) in [6.45, 7) is 1.93. The fraction of sp³-hybridized carbons (Fsp3) is 0.538. The van der Waals surface area contributed by atoms with Crippen molar-refractivity contribution >= 4 is 0 Å². The summed E-state index contributed by atoms with van der Waals surface area (Å²) in [6, 6.07) is 5.49. The van der Waals surface area contributed by atoms with Gasteiger partial charge in [0.25, 0.3) is 0 Å². The van der Waals surface area contributed by atoms with Crippen LogP contribution in [0.2, 0.25) is 0 Å². The molecule has 0 amide bonds. The summed E-state index contributed by atoms with van der Waals surface area (Å²) in [5.41, 5.74) is 8.16. The van der Waals surface area contributed by atoms with E-state index in [0.717, 1.165) is 24.0 Å². The molecule has 0 bridgehead atoms. The Labute approximate surface area is 90.5 Å². The van der Waals surface area contributed by atoms with Gasteiger partial charge in [-0.2, -0.15) is 0 Å². The van der Waals surface area contributed by atoms with Crippen LogP contribution in [0.25, 0.3) is 0 Å². The first-order valence-electron chi connectivity index (χ1n) is 5.69. The lowest BCUT2D eigenvalue weighted by molar-refractivity contribution is 0.384. The number of rotatable bonds is 1. The molecule has 82 valence electrons. The van der Waals surface area contributed by atoms with Gasteiger partial charge in [-0.05, 0) is 48.9 Å². The first-order valence-corrected chi connectivity index (χ1v) is 5.69. The summed E-state index contributed by atoms with van der Waals surface area (Å²) < 4.78 is 13.3. The number of hydrogen-bond acceptors (Lipinski definition) is 1. The molecule has 1 aliphatic carbocycles. The van der Waals surface area contributed by atoms with Crippen LogP contribution in [0.5, 0.6) is 0 Å². The van der Waals surface area contributed by atoms with Crippen molar-refractivity contribution in [3.05, 3.63) is 35.1 Å². The monoisotopic (exact) mass is 207 g/mol. The summed E-state index contributed by atoms with van der Waals surface area (Å²) in [5, 5.41) is 0. The second-order valence-electron chi connectivity index (χ2n) is 4.62. The fourth-order valence-corrected chi connectivity index (χ4v) is 2.55. The van der Waals surface area contributed by atoms with Crippen molar-refractivity contribution in [3.8, 4) is 0 Å². The van der Waals surface area contributed by atoms with Crippen LogP contribution in [0.15, 0.2) is 18.2 Å². The topological polar surface area (TPSA) is 26.0 Å². The van der Waals surface area contributed by atoms with Crippen LogP contribution >= 0.6 is 0 Å². The van der Waals surface area contributed by atoms with Crippen molar-refractivity contribution in [2.24, 2.45) is 5.73 Å². The molecular formula is C13H18FN. The van der Waals surface area contributed by atoms with E-state index < -0.39 is 0 Å². The van der Waals surface area contributed by atoms with Gasteiger partial charge in [0.2, 0.25) is 0 Å². The van der Waals surface area contributed by atoms with Gasteiger partial charge in [0.15, 0.2) is 0 Å². The second-order valence-corrected chi connectivity index (χ2v) is 4.62. The molecule has 2 N–H and O–H groups in total. The molecule has 1 aliphatic rings. The van der Waals surface area contributed by atoms with Gasteiger partial charge in [-0.25, -0.2) is 4.39 Å². The Morgan fingerprint density at radius 2 is 1.93 bits per heavy atom. The van der Waals surface area contributed by atoms with Crippen molar-refractivity contribution < 1.29 is 4.39 Å². The third-order valence-corrected chi connectivity index (χ3v) is 3.31. The predicted molar refractivity (Wildman–Crippen MR) is 60.3 cm³/mol. The van der Waals surface area contributed by atoms with Gasteiger partial charge in [-0.15, -0.1) is 0 Å². The smallest absolute Gasteiger partial charge is 0.123 e. The number of halogens is 1. The molecule has 2 unspecified atom stereocenters. The largest absolute Gasteiger partial charge is 0.327 e. The summed E-state index contributed by atoms with van der Waals surface area (Å²) in [7, 11) is 0. The van der Waals surface area contributed by atoms with Gasteiger partial charge >= 0.3 is 0 Å². The van der Waals surface area contributed by atoms with Crippen LogP contribution in [-0.4, -0.2) is 6.04 Å².